The number of aromatic hydroxyl groups is 2. The second-order valence-corrected chi connectivity index (χ2v) is 4.40. The molecule has 1 aromatic rings. The van der Waals surface area contributed by atoms with Gasteiger partial charge in [0.15, 0.2) is 0 Å². The van der Waals surface area contributed by atoms with Gasteiger partial charge in [0.25, 0.3) is 5.91 Å². The highest BCUT2D eigenvalue weighted by Crippen LogP contribution is 2.27. The maximum atomic E-state index is 12.2. The van der Waals surface area contributed by atoms with Crippen molar-refractivity contribution in [2.24, 2.45) is 0 Å². The van der Waals surface area contributed by atoms with E-state index in [2.05, 4.69) is 0 Å². The summed E-state index contributed by atoms with van der Waals surface area (Å²) < 4.78 is 0. The molecule has 0 saturated carbocycles. The summed E-state index contributed by atoms with van der Waals surface area (Å²) in [7, 11) is 0. The van der Waals surface area contributed by atoms with Gasteiger partial charge in [-0.1, -0.05) is 0 Å². The lowest BCUT2D eigenvalue weighted by Gasteiger charge is -2.21. The van der Waals surface area contributed by atoms with Gasteiger partial charge in [-0.15, -0.1) is 0 Å². The lowest BCUT2D eigenvalue weighted by atomic mass is 10.1. The van der Waals surface area contributed by atoms with Gasteiger partial charge in [-0.3, -0.25) is 4.79 Å². The number of rotatable bonds is 2. The third kappa shape index (κ3) is 2.45. The molecule has 102 valence electrons. The van der Waals surface area contributed by atoms with Gasteiger partial charge >= 0.3 is 5.97 Å². The van der Waals surface area contributed by atoms with E-state index in [9.17, 15) is 24.9 Å². The van der Waals surface area contributed by atoms with Crippen LogP contribution in [-0.4, -0.2) is 55.9 Å². The van der Waals surface area contributed by atoms with Crippen LogP contribution in [0.3, 0.4) is 0 Å². The highest BCUT2D eigenvalue weighted by Gasteiger charge is 2.39. The summed E-state index contributed by atoms with van der Waals surface area (Å²) in [6.45, 7) is -0.120. The number of amides is 1. The van der Waals surface area contributed by atoms with Gasteiger partial charge in [0, 0.05) is 13.0 Å². The number of benzene rings is 1. The highest BCUT2D eigenvalue weighted by atomic mass is 16.4. The zero-order valence-electron chi connectivity index (χ0n) is 9.85. The van der Waals surface area contributed by atoms with Gasteiger partial charge in [-0.25, -0.2) is 4.79 Å². The minimum absolute atomic E-state index is 0.0549. The van der Waals surface area contributed by atoms with Gasteiger partial charge < -0.3 is 25.3 Å². The number of aliphatic carboxylic acids is 1. The van der Waals surface area contributed by atoms with Crippen molar-refractivity contribution in [3.05, 3.63) is 23.8 Å². The van der Waals surface area contributed by atoms with Crippen molar-refractivity contribution >= 4 is 11.9 Å². The number of carboxylic acid groups (broad SMARTS) is 1. The molecule has 0 aliphatic carbocycles. The van der Waals surface area contributed by atoms with Crippen LogP contribution in [0.25, 0.3) is 0 Å². The molecule has 7 nitrogen and oxygen atoms in total. The third-order valence-corrected chi connectivity index (χ3v) is 3.04. The summed E-state index contributed by atoms with van der Waals surface area (Å²) in [4.78, 5) is 24.2. The molecule has 0 spiro atoms. The number of aliphatic hydroxyl groups is 1. The molecule has 0 radical (unpaired) electrons. The first-order valence-electron chi connectivity index (χ1n) is 5.64. The number of carbonyl (C=O) groups excluding carboxylic acids is 1. The van der Waals surface area contributed by atoms with Gasteiger partial charge in [-0.2, -0.15) is 0 Å². The largest absolute Gasteiger partial charge is 0.508 e. The van der Waals surface area contributed by atoms with Gasteiger partial charge in [0.05, 0.1) is 11.7 Å². The molecule has 2 rings (SSSR count). The number of carboxylic acids is 1. The molecule has 1 fully saturated rings. The number of hydrogen-bond acceptors (Lipinski definition) is 5. The van der Waals surface area contributed by atoms with Crippen molar-refractivity contribution < 1.29 is 30.0 Å². The molecule has 1 amide bonds. The number of hydrogen-bond donors (Lipinski definition) is 4. The first-order valence-corrected chi connectivity index (χ1v) is 5.64. The molecule has 0 bridgehead atoms. The van der Waals surface area contributed by atoms with E-state index < -0.39 is 24.0 Å². The summed E-state index contributed by atoms with van der Waals surface area (Å²) in [5.41, 5.74) is -0.194. The third-order valence-electron chi connectivity index (χ3n) is 3.04. The van der Waals surface area contributed by atoms with Crippen LogP contribution in [0.5, 0.6) is 11.5 Å². The predicted molar refractivity (Wildman–Crippen MR) is 62.9 cm³/mol. The summed E-state index contributed by atoms with van der Waals surface area (Å²) >= 11 is 0. The molecular formula is C12H13NO6. The van der Waals surface area contributed by atoms with Gasteiger partial charge in [0.2, 0.25) is 0 Å². The molecule has 1 saturated heterocycles. The van der Waals surface area contributed by atoms with Crippen molar-refractivity contribution in [3.63, 3.8) is 0 Å². The Morgan fingerprint density at radius 3 is 2.58 bits per heavy atom. The number of likely N-dealkylation sites (tertiary alicyclic amines) is 1. The number of aliphatic hydroxyl groups excluding tert-OH is 1. The van der Waals surface area contributed by atoms with Crippen LogP contribution < -0.4 is 0 Å². The fourth-order valence-corrected chi connectivity index (χ4v) is 2.12. The van der Waals surface area contributed by atoms with E-state index in [0.29, 0.717) is 0 Å². The number of phenols is 2. The van der Waals surface area contributed by atoms with Crippen LogP contribution >= 0.6 is 0 Å². The quantitative estimate of drug-likeness (QED) is 0.549. The van der Waals surface area contributed by atoms with Crippen molar-refractivity contribution in [1.29, 1.82) is 0 Å². The van der Waals surface area contributed by atoms with E-state index in [0.717, 1.165) is 17.0 Å². The monoisotopic (exact) mass is 267 g/mol. The van der Waals surface area contributed by atoms with Crippen LogP contribution in [-0.2, 0) is 4.79 Å². The Bertz CT molecular complexity index is 529. The average molecular weight is 267 g/mol. The summed E-state index contributed by atoms with van der Waals surface area (Å²) in [6, 6.07) is 2.27. The Morgan fingerprint density at radius 1 is 1.26 bits per heavy atom. The highest BCUT2D eigenvalue weighted by molar-refractivity contribution is 5.99. The Kier molecular flexibility index (Phi) is 3.30. The summed E-state index contributed by atoms with van der Waals surface area (Å²) in [5.74, 6) is -2.53. The van der Waals surface area contributed by atoms with Crippen molar-refractivity contribution in [2.75, 3.05) is 6.54 Å². The number of nitrogens with zero attached hydrogens (tertiary/aromatic N) is 1. The Labute approximate surface area is 108 Å². The maximum absolute atomic E-state index is 12.2. The number of phenolic OH excluding ortho intramolecular Hbond substituents is 2. The zero-order valence-corrected chi connectivity index (χ0v) is 9.85. The lowest BCUT2D eigenvalue weighted by molar-refractivity contribution is -0.141. The maximum Gasteiger partial charge on any atom is 0.326 e. The minimum Gasteiger partial charge on any atom is -0.508 e. The smallest absolute Gasteiger partial charge is 0.326 e. The van der Waals surface area contributed by atoms with Crippen LogP contribution in [0.1, 0.15) is 16.8 Å². The van der Waals surface area contributed by atoms with Crippen molar-refractivity contribution in [3.8, 4) is 11.5 Å². The lowest BCUT2D eigenvalue weighted by Crippen LogP contribution is -2.40. The first kappa shape index (κ1) is 13.2. The fraction of sp³-hybridized carbons (Fsp3) is 0.333. The SMILES string of the molecule is O=C(O)[C@@H]1C[C@@H](O)CN1C(=O)c1cc(O)ccc1O. The van der Waals surface area contributed by atoms with Gasteiger partial charge in [-0.05, 0) is 18.2 Å². The van der Waals surface area contributed by atoms with E-state index in [1.165, 1.54) is 6.07 Å². The first-order chi connectivity index (χ1) is 8.90. The second-order valence-electron chi connectivity index (χ2n) is 4.40. The molecule has 4 N–H and O–H groups in total. The van der Waals surface area contributed by atoms with Crippen LogP contribution in [0.4, 0.5) is 0 Å². The van der Waals surface area contributed by atoms with E-state index in [1.54, 1.807) is 0 Å². The number of carbonyl (C=O) groups is 2. The molecule has 0 aromatic heterocycles. The Balaban J connectivity index is 2.33. The standard InChI is InChI=1S/C12H13NO6/c14-6-1-2-10(16)8(3-6)11(17)13-5-7(15)4-9(13)12(18)19/h1-3,7,9,14-16H,4-5H2,(H,18,19)/t7-,9+/m1/s1. The molecule has 1 aliphatic heterocycles. The molecule has 19 heavy (non-hydrogen) atoms. The topological polar surface area (TPSA) is 118 Å². The summed E-state index contributed by atoms with van der Waals surface area (Å²) in [5, 5.41) is 37.4. The molecule has 1 heterocycles. The van der Waals surface area contributed by atoms with E-state index in [1.807, 2.05) is 0 Å². The molecular weight excluding hydrogens is 254 g/mol. The Morgan fingerprint density at radius 2 is 1.95 bits per heavy atom. The van der Waals surface area contributed by atoms with Crippen molar-refractivity contribution in [2.45, 2.75) is 18.6 Å². The van der Waals surface area contributed by atoms with Gasteiger partial charge in [0.1, 0.15) is 17.5 Å². The zero-order chi connectivity index (χ0) is 14.2. The predicted octanol–water partition coefficient (Wildman–Crippen LogP) is -0.242. The average Bonchev–Trinajstić information content (AvgIpc) is 2.74. The van der Waals surface area contributed by atoms with E-state index >= 15 is 0 Å². The molecule has 1 aromatic carbocycles. The molecule has 2 atom stereocenters. The fourth-order valence-electron chi connectivity index (χ4n) is 2.12. The normalized spacial score (nSPS) is 22.5. The van der Waals surface area contributed by atoms with Crippen LogP contribution in [0.15, 0.2) is 18.2 Å². The molecule has 7 heteroatoms. The van der Waals surface area contributed by atoms with E-state index in [4.69, 9.17) is 5.11 Å². The van der Waals surface area contributed by atoms with Crippen LogP contribution in [0, 0.1) is 0 Å². The van der Waals surface area contributed by atoms with Crippen molar-refractivity contribution in [1.82, 2.24) is 4.90 Å². The second kappa shape index (κ2) is 4.77. The van der Waals surface area contributed by atoms with Crippen LogP contribution in [0.2, 0.25) is 0 Å². The molecule has 1 aliphatic rings. The summed E-state index contributed by atoms with van der Waals surface area (Å²) in [6.07, 6.45) is -0.967. The molecule has 0 unspecified atom stereocenters. The minimum atomic E-state index is -1.22. The Hall–Kier alpha value is -2.28. The van der Waals surface area contributed by atoms with E-state index in [-0.39, 0.29) is 30.0 Å². The number of β-amino-alcohol motifs (C(OH)–C–C–N with tert-alkyl or cyclic N) is 1.